The topological polar surface area (TPSA) is 54.4 Å². The molecule has 1 N–H and O–H groups in total. The molecule has 0 unspecified atom stereocenters. The summed E-state index contributed by atoms with van der Waals surface area (Å²) in [6, 6.07) is 6.47. The Morgan fingerprint density at radius 1 is 1.40 bits per heavy atom. The van der Waals surface area contributed by atoms with Crippen LogP contribution < -0.4 is 0 Å². The number of aliphatic hydroxyl groups is 1. The highest BCUT2D eigenvalue weighted by Gasteiger charge is 2.35. The molecule has 1 rings (SSSR count). The molecule has 0 aromatic heterocycles. The van der Waals surface area contributed by atoms with Gasteiger partial charge in [0.15, 0.2) is 9.84 Å². The van der Waals surface area contributed by atoms with Crippen LogP contribution in [0, 0.1) is 0 Å². The fraction of sp³-hybridized carbons (Fsp3) is 0.400. The Kier molecular flexibility index (Phi) is 3.58. The van der Waals surface area contributed by atoms with Gasteiger partial charge in [-0.15, -0.1) is 0 Å². The van der Waals surface area contributed by atoms with Crippen LogP contribution >= 0.6 is 15.9 Å². The number of hydrogen-bond donors (Lipinski definition) is 1. The largest absolute Gasteiger partial charge is 0.395 e. The highest BCUT2D eigenvalue weighted by atomic mass is 79.9. The monoisotopic (exact) mass is 292 g/mol. The van der Waals surface area contributed by atoms with Crippen LogP contribution in [0.4, 0.5) is 0 Å². The third-order valence-electron chi connectivity index (χ3n) is 2.21. The second-order valence-corrected chi connectivity index (χ2v) is 7.38. The molecule has 15 heavy (non-hydrogen) atoms. The van der Waals surface area contributed by atoms with Gasteiger partial charge in [0.05, 0.1) is 16.2 Å². The highest BCUT2D eigenvalue weighted by Crippen LogP contribution is 2.26. The number of rotatable bonds is 3. The van der Waals surface area contributed by atoms with Crippen molar-refractivity contribution in [3.63, 3.8) is 0 Å². The van der Waals surface area contributed by atoms with Crippen molar-refractivity contribution < 1.29 is 13.5 Å². The lowest BCUT2D eigenvalue weighted by Gasteiger charge is -2.22. The van der Waals surface area contributed by atoms with Gasteiger partial charge >= 0.3 is 0 Å². The summed E-state index contributed by atoms with van der Waals surface area (Å²) in [5.74, 6) is 0. The van der Waals surface area contributed by atoms with E-state index in [0.29, 0.717) is 4.47 Å². The average molecular weight is 293 g/mol. The summed E-state index contributed by atoms with van der Waals surface area (Å²) in [4.78, 5) is 0.218. The van der Waals surface area contributed by atoms with Crippen LogP contribution in [0.5, 0.6) is 0 Å². The van der Waals surface area contributed by atoms with E-state index in [1.54, 1.807) is 12.1 Å². The number of benzene rings is 1. The molecule has 0 atom stereocenters. The van der Waals surface area contributed by atoms with Crippen LogP contribution in [-0.2, 0) is 9.84 Å². The Morgan fingerprint density at radius 2 is 2.00 bits per heavy atom. The van der Waals surface area contributed by atoms with Gasteiger partial charge in [0.25, 0.3) is 0 Å². The third kappa shape index (κ3) is 2.41. The van der Waals surface area contributed by atoms with Gasteiger partial charge in [0.2, 0.25) is 0 Å². The standard InChI is InChI=1S/C10H13BrO3S/c1-10(2,7-12)15(13,14)9-5-3-4-8(11)6-9/h3-6,12H,7H2,1-2H3. The molecular formula is C10H13BrO3S. The molecule has 0 heterocycles. The maximum absolute atomic E-state index is 12.1. The number of sulfone groups is 1. The first-order chi connectivity index (χ1) is 6.81. The summed E-state index contributed by atoms with van der Waals surface area (Å²) in [5.41, 5.74) is 0. The SMILES string of the molecule is CC(C)(CO)S(=O)(=O)c1cccc(Br)c1. The van der Waals surface area contributed by atoms with Crippen LogP contribution in [0.2, 0.25) is 0 Å². The fourth-order valence-electron chi connectivity index (χ4n) is 1.04. The quantitative estimate of drug-likeness (QED) is 0.927. The van der Waals surface area contributed by atoms with E-state index >= 15 is 0 Å². The maximum Gasteiger partial charge on any atom is 0.185 e. The zero-order valence-corrected chi connectivity index (χ0v) is 11.0. The molecular weight excluding hydrogens is 280 g/mol. The lowest BCUT2D eigenvalue weighted by atomic mass is 10.2. The van der Waals surface area contributed by atoms with Gasteiger partial charge in [-0.25, -0.2) is 8.42 Å². The van der Waals surface area contributed by atoms with E-state index in [0.717, 1.165) is 0 Å². The molecule has 5 heteroatoms. The molecule has 0 bridgehead atoms. The minimum absolute atomic E-state index is 0.218. The second kappa shape index (κ2) is 4.23. The summed E-state index contributed by atoms with van der Waals surface area (Å²) in [6.45, 7) is 2.61. The Morgan fingerprint density at radius 3 is 2.47 bits per heavy atom. The zero-order chi connectivity index (χ0) is 11.7. The van der Waals surface area contributed by atoms with Gasteiger partial charge in [-0.3, -0.25) is 0 Å². The van der Waals surface area contributed by atoms with Crippen LogP contribution in [0.1, 0.15) is 13.8 Å². The molecule has 0 aliphatic rings. The summed E-state index contributed by atoms with van der Waals surface area (Å²) in [7, 11) is -3.49. The minimum Gasteiger partial charge on any atom is -0.395 e. The van der Waals surface area contributed by atoms with E-state index in [1.807, 2.05) is 0 Å². The van der Waals surface area contributed by atoms with E-state index in [4.69, 9.17) is 5.11 Å². The van der Waals surface area contributed by atoms with Crippen molar-refractivity contribution >= 4 is 25.8 Å². The molecule has 0 fully saturated rings. The van der Waals surface area contributed by atoms with Gasteiger partial charge in [-0.1, -0.05) is 22.0 Å². The number of halogens is 1. The lowest BCUT2D eigenvalue weighted by Crippen LogP contribution is -2.35. The Bertz CT molecular complexity index is 451. The average Bonchev–Trinajstić information content (AvgIpc) is 2.17. The van der Waals surface area contributed by atoms with E-state index in [1.165, 1.54) is 26.0 Å². The predicted molar refractivity (Wildman–Crippen MR) is 62.5 cm³/mol. The van der Waals surface area contributed by atoms with E-state index in [2.05, 4.69) is 15.9 Å². The first-order valence-corrected chi connectivity index (χ1v) is 6.70. The van der Waals surface area contributed by atoms with Crippen molar-refractivity contribution in [3.8, 4) is 0 Å². The van der Waals surface area contributed by atoms with Crippen LogP contribution in [-0.4, -0.2) is 24.9 Å². The van der Waals surface area contributed by atoms with Gasteiger partial charge in [-0.05, 0) is 32.0 Å². The first-order valence-electron chi connectivity index (χ1n) is 4.42. The van der Waals surface area contributed by atoms with Crippen molar-refractivity contribution in [2.75, 3.05) is 6.61 Å². The Balaban J connectivity index is 3.30. The summed E-state index contributed by atoms with van der Waals surface area (Å²) in [5, 5.41) is 9.07. The molecule has 1 aromatic rings. The molecule has 0 aliphatic heterocycles. The number of aliphatic hydroxyl groups excluding tert-OH is 1. The minimum atomic E-state index is -3.49. The second-order valence-electron chi connectivity index (χ2n) is 3.88. The molecule has 0 amide bonds. The third-order valence-corrected chi connectivity index (χ3v) is 5.17. The number of hydrogen-bond acceptors (Lipinski definition) is 3. The normalized spacial score (nSPS) is 12.8. The lowest BCUT2D eigenvalue weighted by molar-refractivity contribution is 0.258. The Labute approximate surface area is 98.2 Å². The molecule has 0 saturated heterocycles. The van der Waals surface area contributed by atoms with Gasteiger partial charge in [0.1, 0.15) is 0 Å². The van der Waals surface area contributed by atoms with E-state index in [9.17, 15) is 8.42 Å². The summed E-state index contributed by atoms with van der Waals surface area (Å²) < 4.78 is 23.7. The molecule has 1 aromatic carbocycles. The van der Waals surface area contributed by atoms with Crippen molar-refractivity contribution in [2.24, 2.45) is 0 Å². The molecule has 84 valence electrons. The molecule has 0 radical (unpaired) electrons. The fourth-order valence-corrected chi connectivity index (χ4v) is 2.94. The van der Waals surface area contributed by atoms with Crippen LogP contribution in [0.15, 0.2) is 33.6 Å². The van der Waals surface area contributed by atoms with Crippen LogP contribution in [0.3, 0.4) is 0 Å². The van der Waals surface area contributed by atoms with E-state index in [-0.39, 0.29) is 4.90 Å². The molecule has 3 nitrogen and oxygen atoms in total. The first kappa shape index (κ1) is 12.7. The van der Waals surface area contributed by atoms with Gasteiger partial charge in [0, 0.05) is 4.47 Å². The van der Waals surface area contributed by atoms with Crippen molar-refractivity contribution in [2.45, 2.75) is 23.5 Å². The van der Waals surface area contributed by atoms with Gasteiger partial charge < -0.3 is 5.11 Å². The summed E-state index contributed by atoms with van der Waals surface area (Å²) in [6.07, 6.45) is 0. The molecule has 0 aliphatic carbocycles. The Hall–Kier alpha value is -0.390. The smallest absolute Gasteiger partial charge is 0.185 e. The van der Waals surface area contributed by atoms with E-state index < -0.39 is 21.2 Å². The maximum atomic E-state index is 12.1. The molecule has 0 saturated carbocycles. The van der Waals surface area contributed by atoms with Crippen molar-refractivity contribution in [3.05, 3.63) is 28.7 Å². The van der Waals surface area contributed by atoms with Gasteiger partial charge in [-0.2, -0.15) is 0 Å². The predicted octanol–water partition coefficient (Wildman–Crippen LogP) is 1.99. The summed E-state index contributed by atoms with van der Waals surface area (Å²) >= 11 is 3.22. The van der Waals surface area contributed by atoms with Crippen molar-refractivity contribution in [1.82, 2.24) is 0 Å². The zero-order valence-electron chi connectivity index (χ0n) is 8.57. The van der Waals surface area contributed by atoms with Crippen molar-refractivity contribution in [1.29, 1.82) is 0 Å². The van der Waals surface area contributed by atoms with Crippen LogP contribution in [0.25, 0.3) is 0 Å². The highest BCUT2D eigenvalue weighted by molar-refractivity contribution is 9.10. The molecule has 0 spiro atoms.